The van der Waals surface area contributed by atoms with E-state index in [1.54, 1.807) is 0 Å². The van der Waals surface area contributed by atoms with Gasteiger partial charge in [0.2, 0.25) is 6.33 Å². The van der Waals surface area contributed by atoms with Crippen LogP contribution in [-0.2, 0) is 18.4 Å². The first-order chi connectivity index (χ1) is 6.65. The summed E-state index contributed by atoms with van der Waals surface area (Å²) >= 11 is 0. The molecule has 0 atom stereocenters. The molecule has 0 fully saturated rings. The average molecular weight is 196 g/mol. The number of aryl methyl sites for hydroxylation is 2. The van der Waals surface area contributed by atoms with E-state index in [0.717, 1.165) is 12.8 Å². The summed E-state index contributed by atoms with van der Waals surface area (Å²) in [6.45, 7) is 3.18. The molecule has 1 aromatic rings. The number of aliphatic hydroxyl groups excluding tert-OH is 1. The number of imidazole rings is 1. The number of hydrogen-bond donors (Lipinski definition) is 1. The van der Waals surface area contributed by atoms with Crippen molar-refractivity contribution in [3.8, 4) is 6.26 Å². The highest BCUT2D eigenvalue weighted by atomic mass is 16.2. The third-order valence-electron chi connectivity index (χ3n) is 1.19. The van der Waals surface area contributed by atoms with Crippen LogP contribution in [0.2, 0.25) is 0 Å². The van der Waals surface area contributed by atoms with Gasteiger partial charge in [-0.2, -0.15) is 5.26 Å². The molecule has 0 aliphatic heterocycles. The Morgan fingerprint density at radius 1 is 1.71 bits per heavy atom. The molecule has 0 aliphatic rings. The highest BCUT2D eigenvalue weighted by molar-refractivity contribution is 5.36. The molecule has 1 heterocycles. The molecular formula is C8H12N4O2. The predicted molar refractivity (Wildman–Crippen MR) is 47.9 cm³/mol. The molecule has 0 aromatic carbocycles. The third kappa shape index (κ3) is 9.88. The number of nitriles is 1. The molecule has 0 spiro atoms. The molecule has 1 rings (SSSR count). The zero-order chi connectivity index (χ0) is 11.4. The minimum Gasteiger partial charge on any atom is -0.724 e. The summed E-state index contributed by atoms with van der Waals surface area (Å²) < 4.78 is 4.16. The summed E-state index contributed by atoms with van der Waals surface area (Å²) in [5.74, 6) is 0. The lowest BCUT2D eigenvalue weighted by Crippen LogP contribution is -2.23. The Hall–Kier alpha value is -2.12. The van der Waals surface area contributed by atoms with Crippen molar-refractivity contribution in [1.82, 2.24) is 4.57 Å². The molecule has 0 aliphatic carbocycles. The lowest BCUT2D eigenvalue weighted by molar-refractivity contribution is -0.671. The quantitative estimate of drug-likeness (QED) is 0.298. The van der Waals surface area contributed by atoms with Crippen LogP contribution in [0.4, 0.5) is 0 Å². The van der Waals surface area contributed by atoms with Crippen molar-refractivity contribution in [2.75, 3.05) is 0 Å². The van der Waals surface area contributed by atoms with Gasteiger partial charge in [-0.05, 0) is 13.0 Å². The van der Waals surface area contributed by atoms with Crippen LogP contribution >= 0.6 is 0 Å². The van der Waals surface area contributed by atoms with Crippen molar-refractivity contribution in [1.29, 1.82) is 5.26 Å². The Morgan fingerprint density at radius 3 is 2.29 bits per heavy atom. The van der Waals surface area contributed by atoms with Crippen molar-refractivity contribution < 1.29 is 14.5 Å². The van der Waals surface area contributed by atoms with Crippen LogP contribution in [0.5, 0.6) is 0 Å². The summed E-state index contributed by atoms with van der Waals surface area (Å²) in [5, 5.41) is 20.5. The number of isocyanates is 1. The Kier molecular flexibility index (Phi) is 11.2. The molecule has 1 N–H and O–H groups in total. The van der Waals surface area contributed by atoms with Crippen LogP contribution in [-0.4, -0.2) is 15.8 Å². The molecule has 6 nitrogen and oxygen atoms in total. The Bertz CT molecular complexity index is 307. The van der Waals surface area contributed by atoms with E-state index in [9.17, 15) is 0 Å². The highest BCUT2D eigenvalue weighted by Crippen LogP contribution is 1.79. The first-order valence-electron chi connectivity index (χ1n) is 3.71. The van der Waals surface area contributed by atoms with Crippen LogP contribution in [0.3, 0.4) is 0 Å². The monoisotopic (exact) mass is 196 g/mol. The molecule has 14 heavy (non-hydrogen) atoms. The van der Waals surface area contributed by atoms with Gasteiger partial charge < -0.3 is 10.5 Å². The van der Waals surface area contributed by atoms with Gasteiger partial charge in [-0.3, -0.25) is 4.79 Å². The molecule has 0 saturated heterocycles. The van der Waals surface area contributed by atoms with Crippen LogP contribution < -0.4 is 4.57 Å². The Balaban J connectivity index is 0. The lowest BCUT2D eigenvalue weighted by atomic mass is 10.7. The fourth-order valence-corrected chi connectivity index (χ4v) is 0.689. The van der Waals surface area contributed by atoms with Crippen molar-refractivity contribution in [2.45, 2.75) is 13.5 Å². The fraction of sp³-hybridized carbons (Fsp3) is 0.375. The topological polar surface area (TPSA) is 92.2 Å². The maximum atomic E-state index is 8.24. The van der Waals surface area contributed by atoms with Gasteiger partial charge in [-0.1, -0.05) is 0 Å². The maximum Gasteiger partial charge on any atom is 0.283 e. The molecule has 1 aromatic heterocycles. The molecule has 0 bridgehead atoms. The summed E-state index contributed by atoms with van der Waals surface area (Å²) in [7, 11) is 2.02. The van der Waals surface area contributed by atoms with E-state index in [-0.39, 0.29) is 0 Å². The molecule has 0 radical (unpaired) electrons. The number of nitrogens with zero attached hydrogens (tertiary/aromatic N) is 4. The fourth-order valence-electron chi connectivity index (χ4n) is 0.689. The van der Waals surface area contributed by atoms with Crippen molar-refractivity contribution in [3.63, 3.8) is 0 Å². The van der Waals surface area contributed by atoms with Gasteiger partial charge in [-0.25, -0.2) is 9.13 Å². The van der Waals surface area contributed by atoms with Gasteiger partial charge in [0, 0.05) is 0 Å². The van der Waals surface area contributed by atoms with E-state index in [0.29, 0.717) is 6.08 Å². The smallest absolute Gasteiger partial charge is 0.283 e. The molecule has 0 unspecified atom stereocenters. The molecule has 76 valence electrons. The predicted octanol–water partition coefficient (Wildman–Crippen LogP) is 0.0641. The summed E-state index contributed by atoms with van der Waals surface area (Å²) in [6, 6.07) is 0. The van der Waals surface area contributed by atoms with Gasteiger partial charge in [0.1, 0.15) is 12.4 Å². The van der Waals surface area contributed by atoms with E-state index in [1.165, 1.54) is 0 Å². The summed E-state index contributed by atoms with van der Waals surface area (Å²) in [6.07, 6.45) is 7.39. The number of carbonyl (C=O) groups excluding carboxylic acids is 1. The molecule has 0 saturated carbocycles. The lowest BCUT2D eigenvalue weighted by Gasteiger charge is -1.81. The van der Waals surface area contributed by atoms with E-state index < -0.39 is 0 Å². The van der Waals surface area contributed by atoms with E-state index in [4.69, 9.17) is 20.6 Å². The van der Waals surface area contributed by atoms with Crippen LogP contribution in [0.15, 0.2) is 18.7 Å². The van der Waals surface area contributed by atoms with Gasteiger partial charge in [0.15, 0.2) is 0 Å². The summed E-state index contributed by atoms with van der Waals surface area (Å²) in [5.41, 5.74) is 0. The number of hydrogen-bond acceptors (Lipinski definition) is 3. The third-order valence-corrected chi connectivity index (χ3v) is 1.19. The Labute approximate surface area is 82.2 Å². The standard InChI is InChI=1S/C6H11N2.CHNO.CNO/c1-3-8-5-4-7(2)6-8;2*2-1-3/h4-6H,3H2,1-2H3;3H;/q+1;;-1. The normalized spacial score (nSPS) is 6.64. The van der Waals surface area contributed by atoms with Crippen LogP contribution in [0, 0.1) is 11.5 Å². The van der Waals surface area contributed by atoms with Crippen molar-refractivity contribution >= 4 is 6.08 Å². The second-order valence-corrected chi connectivity index (χ2v) is 2.10. The minimum absolute atomic E-state index is 0.500. The first-order valence-corrected chi connectivity index (χ1v) is 3.71. The Morgan fingerprint density at radius 2 is 2.14 bits per heavy atom. The minimum atomic E-state index is 0.500. The SMILES string of the molecule is CCn1cc[n+](C)c1.N#CO.[N-]=C=O. The van der Waals surface area contributed by atoms with E-state index in [1.807, 2.05) is 17.8 Å². The molecular weight excluding hydrogens is 184 g/mol. The molecule has 6 heteroatoms. The van der Waals surface area contributed by atoms with Crippen molar-refractivity contribution in [3.05, 3.63) is 24.1 Å². The number of rotatable bonds is 1. The van der Waals surface area contributed by atoms with Crippen molar-refractivity contribution in [2.24, 2.45) is 7.05 Å². The van der Waals surface area contributed by atoms with Gasteiger partial charge in [0.25, 0.3) is 6.26 Å². The largest absolute Gasteiger partial charge is 0.724 e. The average Bonchev–Trinajstić information content (AvgIpc) is 2.54. The van der Waals surface area contributed by atoms with Gasteiger partial charge >= 0.3 is 0 Å². The zero-order valence-corrected chi connectivity index (χ0v) is 8.08. The summed E-state index contributed by atoms with van der Waals surface area (Å²) in [4.78, 5) is 8.24. The van der Waals surface area contributed by atoms with Crippen LogP contribution in [0.1, 0.15) is 6.92 Å². The van der Waals surface area contributed by atoms with Gasteiger partial charge in [-0.15, -0.1) is 0 Å². The van der Waals surface area contributed by atoms with E-state index in [2.05, 4.69) is 24.0 Å². The van der Waals surface area contributed by atoms with E-state index >= 15 is 0 Å². The zero-order valence-electron chi connectivity index (χ0n) is 8.08. The second-order valence-electron chi connectivity index (χ2n) is 2.10. The first kappa shape index (κ1) is 14.4. The highest BCUT2D eigenvalue weighted by Gasteiger charge is 1.92. The molecule has 0 amide bonds. The number of aliphatic hydroxyl groups is 1. The number of aromatic nitrogens is 2. The second kappa shape index (κ2) is 10.9. The van der Waals surface area contributed by atoms with Gasteiger partial charge in [0.05, 0.1) is 13.6 Å². The van der Waals surface area contributed by atoms with Crippen LogP contribution in [0.25, 0.3) is 5.41 Å². The maximum absolute atomic E-state index is 8.24.